The first-order valence-corrected chi connectivity index (χ1v) is 10.6. The van der Waals surface area contributed by atoms with Gasteiger partial charge in [-0.2, -0.15) is 13.2 Å². The number of carbonyl (C=O) groups excluding carboxylic acids is 1. The number of imidazole rings is 1. The third kappa shape index (κ3) is 5.93. The van der Waals surface area contributed by atoms with E-state index in [2.05, 4.69) is 25.3 Å². The van der Waals surface area contributed by atoms with Crippen molar-refractivity contribution in [2.45, 2.75) is 19.9 Å². The summed E-state index contributed by atoms with van der Waals surface area (Å²) in [4.78, 5) is 28.7. The van der Waals surface area contributed by atoms with Crippen LogP contribution in [-0.4, -0.2) is 30.4 Å². The molecule has 5 aromatic rings. The molecule has 8 nitrogen and oxygen atoms in total. The van der Waals surface area contributed by atoms with E-state index in [9.17, 15) is 18.0 Å². The molecule has 0 atom stereocenters. The Kier molecular flexibility index (Phi) is 3.49. The van der Waals surface area contributed by atoms with Gasteiger partial charge in [-0.1, -0.05) is 6.07 Å². The van der Waals surface area contributed by atoms with Crippen molar-refractivity contribution in [1.82, 2.24) is 24.5 Å². The third-order valence-corrected chi connectivity index (χ3v) is 4.87. The van der Waals surface area contributed by atoms with Crippen LogP contribution in [0.15, 0.2) is 85.5 Å². The number of hydrogen-bond acceptors (Lipinski definition) is 6. The maximum atomic E-state index is 14.3. The molecular formula is C28H22F3N7O. The zero-order chi connectivity index (χ0) is 40.4. The van der Waals surface area contributed by atoms with Crippen LogP contribution in [0.2, 0.25) is 0 Å². The van der Waals surface area contributed by atoms with Gasteiger partial charge in [0, 0.05) is 61.1 Å². The lowest BCUT2D eigenvalue weighted by Gasteiger charge is -2.14. The minimum absolute atomic E-state index is 0.122. The van der Waals surface area contributed by atoms with Gasteiger partial charge in [0.1, 0.15) is 1.37 Å². The van der Waals surface area contributed by atoms with E-state index in [1.54, 1.807) is 0 Å². The first-order chi connectivity index (χ1) is 24.8. The lowest BCUT2D eigenvalue weighted by atomic mass is 10.1. The Morgan fingerprint density at radius 3 is 2.82 bits per heavy atom. The third-order valence-electron chi connectivity index (χ3n) is 4.87. The highest BCUT2D eigenvalue weighted by Gasteiger charge is 2.31. The predicted octanol–water partition coefficient (Wildman–Crippen LogP) is 6.36. The van der Waals surface area contributed by atoms with Crippen LogP contribution in [-0.2, 0) is 6.18 Å². The van der Waals surface area contributed by atoms with E-state index >= 15 is 0 Å². The molecule has 0 radical (unpaired) electrons. The monoisotopic (exact) mass is 544 g/mol. The Labute approximate surface area is 242 Å². The molecule has 3 heterocycles. The van der Waals surface area contributed by atoms with Crippen molar-refractivity contribution in [1.29, 1.82) is 0 Å². The number of pyridine rings is 1. The molecule has 39 heavy (non-hydrogen) atoms. The summed E-state index contributed by atoms with van der Waals surface area (Å²) in [5.41, 5.74) is -6.96. The summed E-state index contributed by atoms with van der Waals surface area (Å²) in [5, 5.41) is 4.57. The molecule has 11 heteroatoms. The van der Waals surface area contributed by atoms with Crippen LogP contribution in [0, 0.1) is 13.7 Å². The largest absolute Gasteiger partial charge is 0.416 e. The minimum Gasteiger partial charge on any atom is -0.324 e. The van der Waals surface area contributed by atoms with Crippen molar-refractivity contribution >= 4 is 23.2 Å². The highest BCUT2D eigenvalue weighted by Crippen LogP contribution is 2.33. The van der Waals surface area contributed by atoms with E-state index in [1.165, 1.54) is 6.07 Å². The van der Waals surface area contributed by atoms with Gasteiger partial charge in [-0.15, -0.1) is 0 Å². The number of anilines is 3. The summed E-state index contributed by atoms with van der Waals surface area (Å²) in [6.07, 6.45) is -7.77. The van der Waals surface area contributed by atoms with Crippen LogP contribution < -0.4 is 10.6 Å². The number of benzene rings is 2. The molecule has 0 fully saturated rings. The van der Waals surface area contributed by atoms with E-state index in [0.29, 0.717) is 0 Å². The summed E-state index contributed by atoms with van der Waals surface area (Å²) < 4.78 is 163. The molecule has 0 aliphatic heterocycles. The standard InChI is InChI=1S/C28H22F3N7O/c1-17-5-6-19(10-25(17)37-27-33-9-7-24(36-27)20-4-3-8-32-14-20)26(39)35-22-11-21(28(29,30)31)12-23(13-22)38-15-18(2)34-16-38/h3-16H,1-2H3,(H,35,39)(H,33,36,37)/i1D3,2D3,3D,4D,8D,11D,12D,13D,14D,15D,16D. The lowest BCUT2D eigenvalue weighted by molar-refractivity contribution is -0.137. The van der Waals surface area contributed by atoms with E-state index in [1.807, 2.05) is 5.32 Å². The molecule has 0 unspecified atom stereocenters. The number of amides is 1. The Balaban J connectivity index is 1.61. The molecule has 2 N–H and O–H groups in total. The predicted molar refractivity (Wildman–Crippen MR) is 141 cm³/mol. The maximum Gasteiger partial charge on any atom is 0.416 e. The topological polar surface area (TPSA) is 97.6 Å². The zero-order valence-electron chi connectivity index (χ0n) is 34.2. The number of aromatic nitrogens is 5. The molecule has 0 aliphatic rings. The molecule has 3 aromatic heterocycles. The van der Waals surface area contributed by atoms with Crippen molar-refractivity contribution in [3.05, 3.63) is 108 Å². The van der Waals surface area contributed by atoms with Gasteiger partial charge in [0.25, 0.3) is 5.91 Å². The molecule has 0 aliphatic carbocycles. The molecule has 1 amide bonds. The fourth-order valence-corrected chi connectivity index (χ4v) is 3.14. The molecule has 5 rings (SSSR count). The van der Waals surface area contributed by atoms with Crippen LogP contribution in [0.4, 0.5) is 30.5 Å². The van der Waals surface area contributed by atoms with E-state index in [4.69, 9.17) is 20.6 Å². The number of halogens is 3. The van der Waals surface area contributed by atoms with Crippen molar-refractivity contribution in [2.24, 2.45) is 0 Å². The first-order valence-electron chi connectivity index (χ1n) is 18.1. The van der Waals surface area contributed by atoms with Gasteiger partial charge in [0.05, 0.1) is 34.2 Å². The highest BCUT2D eigenvalue weighted by atomic mass is 19.4. The second kappa shape index (κ2) is 10.4. The van der Waals surface area contributed by atoms with E-state index in [-0.39, 0.29) is 27.5 Å². The molecule has 2 aromatic carbocycles. The second-order valence-corrected chi connectivity index (χ2v) is 7.54. The van der Waals surface area contributed by atoms with Crippen molar-refractivity contribution < 1.29 is 38.5 Å². The second-order valence-electron chi connectivity index (χ2n) is 7.54. The van der Waals surface area contributed by atoms with Crippen LogP contribution in [0.3, 0.4) is 0 Å². The average molecular weight is 545 g/mol. The van der Waals surface area contributed by atoms with Crippen LogP contribution in [0.1, 0.15) is 47.7 Å². The van der Waals surface area contributed by atoms with Crippen molar-refractivity contribution in [3.8, 4) is 16.9 Å². The molecule has 0 spiro atoms. The molecule has 0 bridgehead atoms. The van der Waals surface area contributed by atoms with Crippen LogP contribution in [0.25, 0.3) is 16.9 Å². The van der Waals surface area contributed by atoms with Crippen LogP contribution >= 0.6 is 0 Å². The van der Waals surface area contributed by atoms with Crippen molar-refractivity contribution in [3.63, 3.8) is 0 Å². The fourth-order valence-electron chi connectivity index (χ4n) is 3.14. The molecule has 0 saturated carbocycles. The van der Waals surface area contributed by atoms with Crippen LogP contribution in [0.5, 0.6) is 0 Å². The van der Waals surface area contributed by atoms with E-state index < -0.39 is 115 Å². The Hall–Kier alpha value is -5.06. The summed E-state index contributed by atoms with van der Waals surface area (Å²) in [6, 6.07) is -1.36. The van der Waals surface area contributed by atoms with E-state index in [0.717, 1.165) is 24.4 Å². The lowest BCUT2D eigenvalue weighted by Crippen LogP contribution is -2.14. The number of hydrogen-bond donors (Lipinski definition) is 2. The molecule has 0 saturated heterocycles. The normalized spacial score (nSPS) is 17.5. The summed E-state index contributed by atoms with van der Waals surface area (Å²) in [7, 11) is 0. The fraction of sp³-hybridized carbons (Fsp3) is 0.107. The number of alkyl halides is 3. The maximum absolute atomic E-state index is 14.3. The van der Waals surface area contributed by atoms with Gasteiger partial charge in [-0.3, -0.25) is 9.78 Å². The Morgan fingerprint density at radius 1 is 1.13 bits per heavy atom. The Bertz CT molecular complexity index is 2340. The minimum atomic E-state index is -5.47. The van der Waals surface area contributed by atoms with Gasteiger partial charge >= 0.3 is 6.18 Å². The summed E-state index contributed by atoms with van der Waals surface area (Å²) in [6.45, 7) is -5.97. The zero-order valence-corrected chi connectivity index (χ0v) is 19.2. The number of nitrogens with one attached hydrogen (secondary N) is 2. The SMILES string of the molecule is [2H]c1nc([2H])c(-c2ccnc(Nc3cc(C(=O)Nc4c([2H])c(-n5c([2H])nc(C([2H])([2H])[2H])c5[2H])c([2H])c(C(F)(F)F)c4[2H])ccc3C([2H])([2H])[2H])n2)c([2H])c1[2H]. The van der Waals surface area contributed by atoms with Gasteiger partial charge in [-0.05, 0) is 67.7 Å². The number of aryl methyl sites for hydroxylation is 2. The molecule has 196 valence electrons. The summed E-state index contributed by atoms with van der Waals surface area (Å²) >= 11 is 0. The van der Waals surface area contributed by atoms with Gasteiger partial charge in [0.15, 0.2) is 0 Å². The first kappa shape index (κ1) is 13.1. The van der Waals surface area contributed by atoms with Gasteiger partial charge in [0.2, 0.25) is 5.95 Å². The van der Waals surface area contributed by atoms with Gasteiger partial charge in [-0.25, -0.2) is 15.0 Å². The Morgan fingerprint density at radius 2 is 2.03 bits per heavy atom. The number of carbonyl (C=O) groups is 1. The highest BCUT2D eigenvalue weighted by molar-refractivity contribution is 6.05. The average Bonchev–Trinajstić information content (AvgIpc) is 3.34. The summed E-state index contributed by atoms with van der Waals surface area (Å²) in [5.74, 6) is -1.66. The van der Waals surface area contributed by atoms with Gasteiger partial charge < -0.3 is 15.2 Å². The number of rotatable bonds is 6. The smallest absolute Gasteiger partial charge is 0.324 e. The quantitative estimate of drug-likeness (QED) is 0.258. The van der Waals surface area contributed by atoms with Crippen molar-refractivity contribution in [2.75, 3.05) is 10.6 Å². The molecular weight excluding hydrogens is 507 g/mol. The number of nitrogens with zero attached hydrogens (tertiary/aromatic N) is 5.